The van der Waals surface area contributed by atoms with E-state index < -0.39 is 6.17 Å². The molecule has 0 saturated carbocycles. The molecule has 2 atom stereocenters. The van der Waals surface area contributed by atoms with Crippen LogP contribution in [0.15, 0.2) is 24.3 Å². The average Bonchev–Trinajstić information content (AvgIpc) is 2.83. The Labute approximate surface area is 107 Å². The lowest BCUT2D eigenvalue weighted by atomic mass is 10.1. The molecule has 4 heteroatoms. The number of alkyl halides is 1. The second-order valence-electron chi connectivity index (χ2n) is 4.63. The van der Waals surface area contributed by atoms with Crippen LogP contribution in [0.1, 0.15) is 24.5 Å². The highest BCUT2D eigenvalue weighted by Crippen LogP contribution is 2.12. The third-order valence-electron chi connectivity index (χ3n) is 3.35. The zero-order chi connectivity index (χ0) is 13.0. The highest BCUT2D eigenvalue weighted by Gasteiger charge is 2.28. The van der Waals surface area contributed by atoms with E-state index in [9.17, 15) is 9.18 Å². The van der Waals surface area contributed by atoms with E-state index in [1.54, 1.807) is 0 Å². The molecule has 0 aliphatic carbocycles. The van der Waals surface area contributed by atoms with Gasteiger partial charge in [-0.2, -0.15) is 0 Å². The van der Waals surface area contributed by atoms with Crippen molar-refractivity contribution in [2.45, 2.75) is 38.5 Å². The molecule has 1 amide bonds. The molecule has 1 aromatic carbocycles. The van der Waals surface area contributed by atoms with Gasteiger partial charge in [-0.1, -0.05) is 31.2 Å². The fourth-order valence-corrected chi connectivity index (χ4v) is 2.27. The molecule has 1 aliphatic rings. The SMILES string of the molecule is CCc1ccccc1CNC(=O)[C@H]1C[C@H](F)CN1. The van der Waals surface area contributed by atoms with Gasteiger partial charge in [0, 0.05) is 19.5 Å². The van der Waals surface area contributed by atoms with Crippen LogP contribution in [0.2, 0.25) is 0 Å². The molecule has 0 radical (unpaired) electrons. The van der Waals surface area contributed by atoms with Crippen molar-refractivity contribution >= 4 is 5.91 Å². The quantitative estimate of drug-likeness (QED) is 0.851. The Kier molecular flexibility index (Phi) is 4.31. The molecule has 1 saturated heterocycles. The molecule has 98 valence electrons. The molecular formula is C14H19FN2O. The highest BCUT2D eigenvalue weighted by molar-refractivity contribution is 5.82. The fourth-order valence-electron chi connectivity index (χ4n) is 2.27. The summed E-state index contributed by atoms with van der Waals surface area (Å²) < 4.78 is 13.0. The maximum atomic E-state index is 13.0. The topological polar surface area (TPSA) is 41.1 Å². The Bertz CT molecular complexity index is 422. The monoisotopic (exact) mass is 250 g/mol. The number of rotatable bonds is 4. The highest BCUT2D eigenvalue weighted by atomic mass is 19.1. The fraction of sp³-hybridized carbons (Fsp3) is 0.500. The van der Waals surface area contributed by atoms with E-state index in [1.165, 1.54) is 5.56 Å². The van der Waals surface area contributed by atoms with Gasteiger partial charge in [0.25, 0.3) is 0 Å². The van der Waals surface area contributed by atoms with Crippen LogP contribution in [0.5, 0.6) is 0 Å². The Morgan fingerprint density at radius 1 is 1.44 bits per heavy atom. The Morgan fingerprint density at radius 3 is 2.78 bits per heavy atom. The van der Waals surface area contributed by atoms with Crippen LogP contribution in [-0.2, 0) is 17.8 Å². The minimum atomic E-state index is -0.899. The standard InChI is InChI=1S/C14H19FN2O/c1-2-10-5-3-4-6-11(10)8-17-14(18)13-7-12(15)9-16-13/h3-6,12-13,16H,2,7-9H2,1H3,(H,17,18)/t12-,13+/m0/s1. The zero-order valence-corrected chi connectivity index (χ0v) is 10.6. The lowest BCUT2D eigenvalue weighted by Gasteiger charge is -2.12. The number of halogens is 1. The van der Waals surface area contributed by atoms with Crippen molar-refractivity contribution < 1.29 is 9.18 Å². The number of carbonyl (C=O) groups is 1. The molecule has 0 aromatic heterocycles. The average molecular weight is 250 g/mol. The molecule has 1 aliphatic heterocycles. The maximum absolute atomic E-state index is 13.0. The lowest BCUT2D eigenvalue weighted by Crippen LogP contribution is -2.40. The smallest absolute Gasteiger partial charge is 0.237 e. The van der Waals surface area contributed by atoms with E-state index >= 15 is 0 Å². The summed E-state index contributed by atoms with van der Waals surface area (Å²) in [6.07, 6.45) is 0.324. The minimum absolute atomic E-state index is 0.110. The van der Waals surface area contributed by atoms with Crippen molar-refractivity contribution in [1.29, 1.82) is 0 Å². The Balaban J connectivity index is 1.89. The number of hydrogen-bond donors (Lipinski definition) is 2. The summed E-state index contributed by atoms with van der Waals surface area (Å²) in [5.41, 5.74) is 2.36. The molecule has 1 fully saturated rings. The number of aryl methyl sites for hydroxylation is 1. The summed E-state index contributed by atoms with van der Waals surface area (Å²) in [7, 11) is 0. The second kappa shape index (κ2) is 5.96. The first kappa shape index (κ1) is 13.0. The van der Waals surface area contributed by atoms with Gasteiger partial charge in [-0.15, -0.1) is 0 Å². The summed E-state index contributed by atoms with van der Waals surface area (Å²) in [6, 6.07) is 7.66. The van der Waals surface area contributed by atoms with Crippen molar-refractivity contribution in [1.82, 2.24) is 10.6 Å². The van der Waals surface area contributed by atoms with Gasteiger partial charge in [-0.25, -0.2) is 4.39 Å². The molecular weight excluding hydrogens is 231 g/mol. The molecule has 3 nitrogen and oxygen atoms in total. The minimum Gasteiger partial charge on any atom is -0.351 e. The first-order valence-electron chi connectivity index (χ1n) is 6.42. The van der Waals surface area contributed by atoms with Gasteiger partial charge in [0.2, 0.25) is 5.91 Å². The van der Waals surface area contributed by atoms with Crippen LogP contribution in [0, 0.1) is 0 Å². The van der Waals surface area contributed by atoms with E-state index in [0.717, 1.165) is 12.0 Å². The third-order valence-corrected chi connectivity index (χ3v) is 3.35. The van der Waals surface area contributed by atoms with Crippen molar-refractivity contribution in [2.24, 2.45) is 0 Å². The molecule has 2 rings (SSSR count). The molecule has 2 N–H and O–H groups in total. The van der Waals surface area contributed by atoms with Crippen LogP contribution in [0.3, 0.4) is 0 Å². The van der Waals surface area contributed by atoms with Crippen molar-refractivity contribution in [3.63, 3.8) is 0 Å². The van der Waals surface area contributed by atoms with Crippen LogP contribution in [0.4, 0.5) is 4.39 Å². The van der Waals surface area contributed by atoms with E-state index in [1.807, 2.05) is 18.2 Å². The Morgan fingerprint density at radius 2 is 2.17 bits per heavy atom. The third kappa shape index (κ3) is 3.07. The van der Waals surface area contributed by atoms with Crippen LogP contribution < -0.4 is 10.6 Å². The van der Waals surface area contributed by atoms with Gasteiger partial charge < -0.3 is 10.6 Å². The predicted octanol–water partition coefficient (Wildman–Crippen LogP) is 1.57. The summed E-state index contributed by atoms with van der Waals surface area (Å²) >= 11 is 0. The summed E-state index contributed by atoms with van der Waals surface area (Å²) in [5.74, 6) is -0.110. The zero-order valence-electron chi connectivity index (χ0n) is 10.6. The number of benzene rings is 1. The molecule has 0 bridgehead atoms. The molecule has 0 spiro atoms. The number of carbonyl (C=O) groups excluding carboxylic acids is 1. The van der Waals surface area contributed by atoms with E-state index in [0.29, 0.717) is 6.54 Å². The van der Waals surface area contributed by atoms with Crippen molar-refractivity contribution in [2.75, 3.05) is 6.54 Å². The van der Waals surface area contributed by atoms with Crippen LogP contribution in [-0.4, -0.2) is 24.7 Å². The number of nitrogens with one attached hydrogen (secondary N) is 2. The van der Waals surface area contributed by atoms with Gasteiger partial charge in [0.05, 0.1) is 6.04 Å². The summed E-state index contributed by atoms with van der Waals surface area (Å²) in [4.78, 5) is 11.8. The molecule has 0 unspecified atom stereocenters. The predicted molar refractivity (Wildman–Crippen MR) is 69.0 cm³/mol. The summed E-state index contributed by atoms with van der Waals surface area (Å²) in [5, 5.41) is 5.75. The van der Waals surface area contributed by atoms with Crippen LogP contribution >= 0.6 is 0 Å². The molecule has 1 heterocycles. The summed E-state index contributed by atoms with van der Waals surface area (Å²) in [6.45, 7) is 2.88. The molecule has 1 aromatic rings. The Hall–Kier alpha value is -1.42. The number of hydrogen-bond acceptors (Lipinski definition) is 2. The van der Waals surface area contributed by atoms with Gasteiger partial charge in [0.15, 0.2) is 0 Å². The van der Waals surface area contributed by atoms with E-state index in [-0.39, 0.29) is 24.9 Å². The maximum Gasteiger partial charge on any atom is 0.237 e. The number of amides is 1. The van der Waals surface area contributed by atoms with Crippen molar-refractivity contribution in [3.05, 3.63) is 35.4 Å². The van der Waals surface area contributed by atoms with E-state index in [2.05, 4.69) is 23.6 Å². The van der Waals surface area contributed by atoms with E-state index in [4.69, 9.17) is 0 Å². The van der Waals surface area contributed by atoms with Gasteiger partial charge in [-0.3, -0.25) is 4.79 Å². The van der Waals surface area contributed by atoms with Gasteiger partial charge in [-0.05, 0) is 17.5 Å². The lowest BCUT2D eigenvalue weighted by molar-refractivity contribution is -0.123. The van der Waals surface area contributed by atoms with Gasteiger partial charge >= 0.3 is 0 Å². The van der Waals surface area contributed by atoms with Crippen molar-refractivity contribution in [3.8, 4) is 0 Å². The van der Waals surface area contributed by atoms with Gasteiger partial charge in [0.1, 0.15) is 6.17 Å². The second-order valence-corrected chi connectivity index (χ2v) is 4.63. The first-order chi connectivity index (χ1) is 8.70. The van der Waals surface area contributed by atoms with Crippen LogP contribution in [0.25, 0.3) is 0 Å². The molecule has 18 heavy (non-hydrogen) atoms. The largest absolute Gasteiger partial charge is 0.351 e. The first-order valence-corrected chi connectivity index (χ1v) is 6.42. The normalized spacial score (nSPS) is 23.0.